The summed E-state index contributed by atoms with van der Waals surface area (Å²) in [7, 11) is -2.56. The molecule has 0 amide bonds. The van der Waals surface area contributed by atoms with Crippen molar-refractivity contribution in [2.45, 2.75) is 17.9 Å². The second-order valence-electron chi connectivity index (χ2n) is 5.45. The van der Waals surface area contributed by atoms with Gasteiger partial charge >= 0.3 is 0 Å². The van der Waals surface area contributed by atoms with Crippen molar-refractivity contribution in [3.8, 4) is 5.75 Å². The van der Waals surface area contributed by atoms with Gasteiger partial charge in [0.25, 0.3) is 5.69 Å². The Labute approximate surface area is 139 Å². The smallest absolute Gasteiger partial charge is 0.271 e. The van der Waals surface area contributed by atoms with Crippen LogP contribution < -0.4 is 4.74 Å². The number of nitrogens with zero attached hydrogens (tertiary/aromatic N) is 2. The van der Waals surface area contributed by atoms with Gasteiger partial charge in [0.2, 0.25) is 10.0 Å². The van der Waals surface area contributed by atoms with Gasteiger partial charge in [-0.2, -0.15) is 4.31 Å². The van der Waals surface area contributed by atoms with Crippen molar-refractivity contribution in [3.63, 3.8) is 0 Å². The molecule has 8 heteroatoms. The molecule has 24 heavy (non-hydrogen) atoms. The zero-order valence-corrected chi connectivity index (χ0v) is 13.8. The van der Waals surface area contributed by atoms with E-state index in [1.54, 1.807) is 0 Å². The molecular weight excluding hydrogens is 332 g/mol. The average Bonchev–Trinajstić information content (AvgIpc) is 2.60. The van der Waals surface area contributed by atoms with E-state index in [4.69, 9.17) is 4.74 Å². The quantitative estimate of drug-likeness (QED) is 0.625. The summed E-state index contributed by atoms with van der Waals surface area (Å²) in [5.41, 5.74) is 1.78. The van der Waals surface area contributed by atoms with E-state index in [1.165, 1.54) is 23.5 Å². The van der Waals surface area contributed by atoms with E-state index in [0.29, 0.717) is 13.0 Å². The Kier molecular flexibility index (Phi) is 4.25. The van der Waals surface area contributed by atoms with E-state index in [2.05, 4.69) is 0 Å². The summed E-state index contributed by atoms with van der Waals surface area (Å²) in [6, 6.07) is 11.2. The number of benzene rings is 2. The Morgan fingerprint density at radius 3 is 2.54 bits per heavy atom. The minimum atomic E-state index is -3.90. The Bertz CT molecular complexity index is 895. The summed E-state index contributed by atoms with van der Waals surface area (Å²) < 4.78 is 32.4. The zero-order chi connectivity index (χ0) is 17.3. The van der Waals surface area contributed by atoms with Gasteiger partial charge in [-0.3, -0.25) is 10.1 Å². The summed E-state index contributed by atoms with van der Waals surface area (Å²) in [5.74, 6) is 0.0967. The third kappa shape index (κ3) is 2.85. The van der Waals surface area contributed by atoms with Crippen molar-refractivity contribution >= 4 is 15.7 Å². The number of hydrogen-bond acceptors (Lipinski definition) is 5. The number of ether oxygens (including phenoxy) is 1. The van der Waals surface area contributed by atoms with E-state index < -0.39 is 14.9 Å². The predicted molar refractivity (Wildman–Crippen MR) is 87.4 cm³/mol. The van der Waals surface area contributed by atoms with Gasteiger partial charge < -0.3 is 4.74 Å². The molecule has 1 aliphatic heterocycles. The molecule has 0 fully saturated rings. The van der Waals surface area contributed by atoms with Crippen LogP contribution in [0.3, 0.4) is 0 Å². The molecule has 0 aromatic heterocycles. The molecular formula is C16H16N2O5S. The van der Waals surface area contributed by atoms with Crippen LogP contribution in [0.4, 0.5) is 5.69 Å². The highest BCUT2D eigenvalue weighted by atomic mass is 32.2. The van der Waals surface area contributed by atoms with Crippen molar-refractivity contribution in [2.24, 2.45) is 0 Å². The number of fused-ring (bicyclic) bond motifs is 1. The Morgan fingerprint density at radius 2 is 1.88 bits per heavy atom. The van der Waals surface area contributed by atoms with Crippen LogP contribution in [0.25, 0.3) is 0 Å². The van der Waals surface area contributed by atoms with Gasteiger partial charge in [-0.05, 0) is 23.6 Å². The highest BCUT2D eigenvalue weighted by Crippen LogP contribution is 2.32. The van der Waals surface area contributed by atoms with Gasteiger partial charge in [-0.15, -0.1) is 0 Å². The van der Waals surface area contributed by atoms with Gasteiger partial charge in [0.15, 0.2) is 0 Å². The molecule has 0 bridgehead atoms. The monoisotopic (exact) mass is 348 g/mol. The number of nitro benzene ring substituents is 1. The maximum Gasteiger partial charge on any atom is 0.271 e. The lowest BCUT2D eigenvalue weighted by Crippen LogP contribution is -2.36. The van der Waals surface area contributed by atoms with Crippen molar-refractivity contribution < 1.29 is 18.1 Å². The van der Waals surface area contributed by atoms with Gasteiger partial charge in [0.05, 0.1) is 12.0 Å². The Morgan fingerprint density at radius 1 is 1.17 bits per heavy atom. The first-order valence-corrected chi connectivity index (χ1v) is 8.77. The number of methoxy groups -OCH3 is 1. The van der Waals surface area contributed by atoms with E-state index in [9.17, 15) is 18.5 Å². The minimum absolute atomic E-state index is 0.0967. The van der Waals surface area contributed by atoms with Gasteiger partial charge in [-0.1, -0.05) is 24.3 Å². The van der Waals surface area contributed by atoms with Gasteiger partial charge in [-0.25, -0.2) is 8.42 Å². The fourth-order valence-corrected chi connectivity index (χ4v) is 4.39. The fourth-order valence-electron chi connectivity index (χ4n) is 2.79. The molecule has 0 N–H and O–H groups in total. The van der Waals surface area contributed by atoms with E-state index in [0.717, 1.165) is 17.2 Å². The molecule has 7 nitrogen and oxygen atoms in total. The zero-order valence-electron chi connectivity index (χ0n) is 13.0. The summed E-state index contributed by atoms with van der Waals surface area (Å²) >= 11 is 0. The van der Waals surface area contributed by atoms with Gasteiger partial charge in [0, 0.05) is 25.2 Å². The van der Waals surface area contributed by atoms with Crippen LogP contribution in [0.15, 0.2) is 47.4 Å². The maximum atomic E-state index is 13.0. The summed E-state index contributed by atoms with van der Waals surface area (Å²) in [4.78, 5) is 10.2. The molecule has 0 radical (unpaired) electrons. The molecule has 0 unspecified atom stereocenters. The number of nitro groups is 1. The van der Waals surface area contributed by atoms with Crippen LogP contribution in [0.1, 0.15) is 11.1 Å². The highest BCUT2D eigenvalue weighted by Gasteiger charge is 2.32. The lowest BCUT2D eigenvalue weighted by Gasteiger charge is -2.28. The Hall–Kier alpha value is -2.45. The second-order valence-corrected chi connectivity index (χ2v) is 7.36. The van der Waals surface area contributed by atoms with Crippen LogP contribution in [0.2, 0.25) is 0 Å². The summed E-state index contributed by atoms with van der Waals surface area (Å²) in [5, 5.41) is 11.0. The number of non-ortho nitro benzene ring substituents is 1. The van der Waals surface area contributed by atoms with Crippen LogP contribution >= 0.6 is 0 Å². The first kappa shape index (κ1) is 16.4. The van der Waals surface area contributed by atoms with Crippen LogP contribution in [-0.4, -0.2) is 31.3 Å². The standard InChI is InChI=1S/C16H16N2O5S/c1-23-15-7-6-14(18(19)20)10-16(15)24(21,22)17-9-8-12-4-2-3-5-13(12)11-17/h2-7,10H,8-9,11H2,1H3. The lowest BCUT2D eigenvalue weighted by molar-refractivity contribution is -0.385. The average molecular weight is 348 g/mol. The van der Waals surface area contributed by atoms with E-state index in [-0.39, 0.29) is 22.9 Å². The molecule has 1 aliphatic rings. The van der Waals surface area contributed by atoms with Crippen molar-refractivity contribution in [3.05, 3.63) is 63.7 Å². The van der Waals surface area contributed by atoms with Crippen molar-refractivity contribution in [2.75, 3.05) is 13.7 Å². The van der Waals surface area contributed by atoms with Crippen molar-refractivity contribution in [1.82, 2.24) is 4.31 Å². The molecule has 0 atom stereocenters. The minimum Gasteiger partial charge on any atom is -0.495 e. The molecule has 2 aromatic carbocycles. The topological polar surface area (TPSA) is 89.7 Å². The molecule has 2 aromatic rings. The van der Waals surface area contributed by atoms with Crippen LogP contribution in [-0.2, 0) is 23.0 Å². The fraction of sp³-hybridized carbons (Fsp3) is 0.250. The van der Waals surface area contributed by atoms with E-state index in [1.807, 2.05) is 24.3 Å². The van der Waals surface area contributed by atoms with Gasteiger partial charge in [0.1, 0.15) is 10.6 Å². The third-order valence-corrected chi connectivity index (χ3v) is 5.94. The third-order valence-electron chi connectivity index (χ3n) is 4.07. The number of hydrogen-bond donors (Lipinski definition) is 0. The maximum absolute atomic E-state index is 13.0. The molecule has 0 saturated heterocycles. The van der Waals surface area contributed by atoms with Crippen LogP contribution in [0.5, 0.6) is 5.75 Å². The molecule has 0 saturated carbocycles. The normalized spacial score (nSPS) is 14.9. The largest absolute Gasteiger partial charge is 0.495 e. The first-order chi connectivity index (χ1) is 11.4. The second kappa shape index (κ2) is 6.21. The SMILES string of the molecule is COc1ccc([N+](=O)[O-])cc1S(=O)(=O)N1CCc2ccccc2C1. The molecule has 3 rings (SSSR count). The van der Waals surface area contributed by atoms with Crippen LogP contribution in [0, 0.1) is 10.1 Å². The van der Waals surface area contributed by atoms with E-state index >= 15 is 0 Å². The number of rotatable bonds is 4. The molecule has 0 aliphatic carbocycles. The Balaban J connectivity index is 2.02. The highest BCUT2D eigenvalue weighted by molar-refractivity contribution is 7.89. The summed E-state index contributed by atoms with van der Waals surface area (Å²) in [6.07, 6.45) is 0.604. The van der Waals surface area contributed by atoms with Crippen molar-refractivity contribution in [1.29, 1.82) is 0 Å². The molecule has 126 valence electrons. The first-order valence-electron chi connectivity index (χ1n) is 7.33. The predicted octanol–water partition coefficient (Wildman–Crippen LogP) is 2.35. The summed E-state index contributed by atoms with van der Waals surface area (Å²) in [6.45, 7) is 0.565. The lowest BCUT2D eigenvalue weighted by atomic mass is 10.0. The molecule has 1 heterocycles. The number of sulfonamides is 1. The molecule has 0 spiro atoms.